The van der Waals surface area contributed by atoms with Gasteiger partial charge in [-0.15, -0.1) is 10.2 Å². The van der Waals surface area contributed by atoms with Crippen LogP contribution in [0.25, 0.3) is 27.9 Å². The molecular formula is C16H17F2N9. The van der Waals surface area contributed by atoms with Crippen LogP contribution in [-0.4, -0.2) is 55.1 Å². The molecule has 0 saturated carbocycles. The fourth-order valence-electron chi connectivity index (χ4n) is 2.89. The van der Waals surface area contributed by atoms with E-state index in [1.807, 2.05) is 18.3 Å². The van der Waals surface area contributed by atoms with Crippen molar-refractivity contribution < 1.29 is 8.78 Å². The lowest BCUT2D eigenvalue weighted by Gasteiger charge is -2.08. The van der Waals surface area contributed by atoms with Gasteiger partial charge in [-0.25, -0.2) is 23.0 Å². The zero-order chi connectivity index (χ0) is 19.0. The molecule has 4 aromatic rings. The monoisotopic (exact) mass is 373 g/mol. The summed E-state index contributed by atoms with van der Waals surface area (Å²) >= 11 is 0. The highest BCUT2D eigenvalue weighted by atomic mass is 19.3. The van der Waals surface area contributed by atoms with Gasteiger partial charge in [-0.1, -0.05) is 5.21 Å². The van der Waals surface area contributed by atoms with Crippen LogP contribution in [0.5, 0.6) is 0 Å². The maximum Gasteiger partial charge on any atom is 0.242 e. The molecule has 0 unspecified atom stereocenters. The third-order valence-corrected chi connectivity index (χ3v) is 4.17. The number of aromatic nitrogens is 7. The molecule has 0 aliphatic heterocycles. The Bertz CT molecular complexity index is 1100. The molecule has 0 radical (unpaired) electrons. The average molecular weight is 373 g/mol. The summed E-state index contributed by atoms with van der Waals surface area (Å²) in [6.07, 6.45) is -0.893. The summed E-state index contributed by atoms with van der Waals surface area (Å²) in [5.41, 5.74) is 3.24. The van der Waals surface area contributed by atoms with Crippen molar-refractivity contribution in [2.75, 3.05) is 24.7 Å². The molecular weight excluding hydrogens is 356 g/mol. The van der Waals surface area contributed by atoms with Crippen LogP contribution in [0.15, 0.2) is 24.4 Å². The average Bonchev–Trinajstić information content (AvgIpc) is 3.28. The van der Waals surface area contributed by atoms with E-state index in [2.05, 4.69) is 36.0 Å². The third-order valence-electron chi connectivity index (χ3n) is 4.17. The fourth-order valence-corrected chi connectivity index (χ4v) is 2.89. The van der Waals surface area contributed by atoms with Crippen molar-refractivity contribution in [1.82, 2.24) is 34.6 Å². The van der Waals surface area contributed by atoms with Crippen molar-refractivity contribution in [3.05, 3.63) is 24.4 Å². The van der Waals surface area contributed by atoms with Gasteiger partial charge in [0.05, 0.1) is 12.2 Å². The van der Waals surface area contributed by atoms with E-state index < -0.39 is 6.43 Å². The van der Waals surface area contributed by atoms with Crippen LogP contribution in [0.1, 0.15) is 6.42 Å². The molecule has 140 valence electrons. The summed E-state index contributed by atoms with van der Waals surface area (Å²) in [4.78, 5) is 9.02. The SMILES string of the molecule is CNc1nc(NC)c2c(-c3ccc4nnn(CCC(F)F)c4n3)ccn2n1. The predicted octanol–water partition coefficient (Wildman–Crippen LogP) is 2.27. The number of rotatable bonds is 6. The summed E-state index contributed by atoms with van der Waals surface area (Å²) in [7, 11) is 3.52. The van der Waals surface area contributed by atoms with Gasteiger partial charge in [-0.3, -0.25) is 0 Å². The minimum absolute atomic E-state index is 0.0531. The van der Waals surface area contributed by atoms with Gasteiger partial charge >= 0.3 is 0 Å². The van der Waals surface area contributed by atoms with Crippen molar-refractivity contribution in [3.63, 3.8) is 0 Å². The van der Waals surface area contributed by atoms with Crippen molar-refractivity contribution in [2.45, 2.75) is 19.4 Å². The van der Waals surface area contributed by atoms with Crippen LogP contribution in [0.2, 0.25) is 0 Å². The van der Waals surface area contributed by atoms with Crippen LogP contribution in [0.3, 0.4) is 0 Å². The maximum atomic E-state index is 12.5. The van der Waals surface area contributed by atoms with Gasteiger partial charge in [0.2, 0.25) is 12.4 Å². The van der Waals surface area contributed by atoms with E-state index in [9.17, 15) is 8.78 Å². The van der Waals surface area contributed by atoms with Gasteiger partial charge in [0.1, 0.15) is 11.0 Å². The molecule has 0 amide bonds. The molecule has 0 aliphatic rings. The number of halogens is 2. The highest BCUT2D eigenvalue weighted by molar-refractivity contribution is 5.89. The lowest BCUT2D eigenvalue weighted by molar-refractivity contribution is 0.130. The van der Waals surface area contributed by atoms with E-state index >= 15 is 0 Å². The fraction of sp³-hybridized carbons (Fsp3) is 0.312. The predicted molar refractivity (Wildman–Crippen MR) is 97.0 cm³/mol. The van der Waals surface area contributed by atoms with E-state index in [0.29, 0.717) is 28.6 Å². The first-order valence-electron chi connectivity index (χ1n) is 8.34. The Labute approximate surface area is 152 Å². The molecule has 2 N–H and O–H groups in total. The van der Waals surface area contributed by atoms with Crippen molar-refractivity contribution >= 4 is 28.4 Å². The topological polar surface area (TPSA) is 97.8 Å². The largest absolute Gasteiger partial charge is 0.371 e. The second-order valence-corrected chi connectivity index (χ2v) is 5.84. The van der Waals surface area contributed by atoms with Crippen molar-refractivity contribution in [2.24, 2.45) is 0 Å². The molecule has 4 rings (SSSR count). The molecule has 0 bridgehead atoms. The van der Waals surface area contributed by atoms with E-state index in [0.717, 1.165) is 11.1 Å². The number of hydrogen-bond donors (Lipinski definition) is 2. The summed E-state index contributed by atoms with van der Waals surface area (Å²) in [6, 6.07) is 5.47. The lowest BCUT2D eigenvalue weighted by atomic mass is 10.2. The Kier molecular flexibility index (Phi) is 4.26. The minimum Gasteiger partial charge on any atom is -0.371 e. The second kappa shape index (κ2) is 6.74. The molecule has 0 aliphatic carbocycles. The molecule has 0 spiro atoms. The van der Waals surface area contributed by atoms with Crippen LogP contribution < -0.4 is 10.6 Å². The number of nitrogens with zero attached hydrogens (tertiary/aromatic N) is 7. The van der Waals surface area contributed by atoms with Gasteiger partial charge in [-0.05, 0) is 18.2 Å². The van der Waals surface area contributed by atoms with Crippen LogP contribution in [-0.2, 0) is 6.54 Å². The molecule has 27 heavy (non-hydrogen) atoms. The smallest absolute Gasteiger partial charge is 0.242 e. The van der Waals surface area contributed by atoms with Gasteiger partial charge < -0.3 is 10.6 Å². The first kappa shape index (κ1) is 17.1. The Morgan fingerprint density at radius 3 is 2.70 bits per heavy atom. The second-order valence-electron chi connectivity index (χ2n) is 5.84. The molecule has 9 nitrogen and oxygen atoms in total. The third kappa shape index (κ3) is 3.00. The van der Waals surface area contributed by atoms with E-state index in [-0.39, 0.29) is 13.0 Å². The van der Waals surface area contributed by atoms with E-state index in [1.165, 1.54) is 4.68 Å². The Morgan fingerprint density at radius 1 is 1.11 bits per heavy atom. The van der Waals surface area contributed by atoms with E-state index in [1.54, 1.807) is 24.7 Å². The van der Waals surface area contributed by atoms with Crippen LogP contribution >= 0.6 is 0 Å². The summed E-state index contributed by atoms with van der Waals surface area (Å²) < 4.78 is 28.2. The molecule has 4 aromatic heterocycles. The first-order valence-corrected chi connectivity index (χ1v) is 8.34. The maximum absolute atomic E-state index is 12.5. The van der Waals surface area contributed by atoms with E-state index in [4.69, 9.17) is 0 Å². The Balaban J connectivity index is 1.83. The standard InChI is InChI=1S/C16H17F2N9/c1-19-14-13-9(5-7-26(13)24-16(20-2)22-14)10-3-4-11-15(21-10)27(25-23-11)8-6-12(17)18/h3-5,7,12H,6,8H2,1-2H3,(H2,19,20,22,24). The summed E-state index contributed by atoms with van der Waals surface area (Å²) in [5.74, 6) is 1.12. The Hall–Kier alpha value is -3.37. The highest BCUT2D eigenvalue weighted by Crippen LogP contribution is 2.29. The minimum atomic E-state index is -2.40. The van der Waals surface area contributed by atoms with Gasteiger partial charge in [0, 0.05) is 32.3 Å². The first-order chi connectivity index (χ1) is 13.1. The van der Waals surface area contributed by atoms with Gasteiger partial charge in [0.15, 0.2) is 11.5 Å². The number of alkyl halides is 2. The zero-order valence-corrected chi connectivity index (χ0v) is 14.7. The van der Waals surface area contributed by atoms with Crippen molar-refractivity contribution in [1.29, 1.82) is 0 Å². The molecule has 0 fully saturated rings. The molecule has 4 heterocycles. The summed E-state index contributed by atoms with van der Waals surface area (Å²) in [6.45, 7) is 0.0531. The van der Waals surface area contributed by atoms with Crippen molar-refractivity contribution in [3.8, 4) is 11.3 Å². The van der Waals surface area contributed by atoms with Crippen LogP contribution in [0, 0.1) is 0 Å². The number of aryl methyl sites for hydroxylation is 1. The summed E-state index contributed by atoms with van der Waals surface area (Å²) in [5, 5.41) is 18.3. The number of fused-ring (bicyclic) bond motifs is 2. The molecule has 11 heteroatoms. The van der Waals surface area contributed by atoms with Gasteiger partial charge in [0.25, 0.3) is 0 Å². The normalized spacial score (nSPS) is 11.6. The highest BCUT2D eigenvalue weighted by Gasteiger charge is 2.16. The number of pyridine rings is 1. The number of hydrogen-bond acceptors (Lipinski definition) is 7. The Morgan fingerprint density at radius 2 is 1.96 bits per heavy atom. The quantitative estimate of drug-likeness (QED) is 0.535. The number of nitrogens with one attached hydrogen (secondary N) is 2. The van der Waals surface area contributed by atoms with Crippen LogP contribution in [0.4, 0.5) is 20.5 Å². The lowest BCUT2D eigenvalue weighted by Crippen LogP contribution is -2.06. The molecule has 0 aromatic carbocycles. The zero-order valence-electron chi connectivity index (χ0n) is 14.7. The molecule has 0 atom stereocenters. The number of anilines is 2. The molecule has 0 saturated heterocycles. The van der Waals surface area contributed by atoms with Gasteiger partial charge in [-0.2, -0.15) is 4.98 Å².